The molecule has 0 spiro atoms. The summed E-state index contributed by atoms with van der Waals surface area (Å²) in [4.78, 5) is 12.5. The average Bonchev–Trinajstić information content (AvgIpc) is 2.76. The van der Waals surface area contributed by atoms with Crippen molar-refractivity contribution in [3.05, 3.63) is 63.8 Å². The van der Waals surface area contributed by atoms with E-state index in [9.17, 15) is 4.79 Å². The third-order valence-electron chi connectivity index (χ3n) is 4.33. The molecule has 0 saturated heterocycles. The lowest BCUT2D eigenvalue weighted by Crippen LogP contribution is -2.15. The van der Waals surface area contributed by atoms with Crippen molar-refractivity contribution in [3.63, 3.8) is 0 Å². The minimum absolute atomic E-state index is 0.00914. The highest BCUT2D eigenvalue weighted by Gasteiger charge is 2.15. The maximum absolute atomic E-state index is 12.5. The van der Waals surface area contributed by atoms with Gasteiger partial charge in [0, 0.05) is 33.8 Å². The number of nitrogens with zero attached hydrogens (tertiary/aromatic N) is 1. The van der Waals surface area contributed by atoms with Crippen LogP contribution in [0.2, 0.25) is 0 Å². The van der Waals surface area contributed by atoms with Gasteiger partial charge in [0.05, 0.1) is 6.42 Å². The van der Waals surface area contributed by atoms with E-state index in [-0.39, 0.29) is 5.91 Å². The number of carbonyl (C=O) groups excluding carboxylic acids is 1. The third kappa shape index (κ3) is 3.04. The number of fused-ring (bicyclic) bond motifs is 1. The summed E-state index contributed by atoms with van der Waals surface area (Å²) in [6.45, 7) is 4.05. The van der Waals surface area contributed by atoms with Gasteiger partial charge in [-0.1, -0.05) is 34.1 Å². The number of carbonyl (C=O) groups is 1. The predicted octanol–water partition coefficient (Wildman–Crippen LogP) is 4.74. The highest BCUT2D eigenvalue weighted by molar-refractivity contribution is 9.10. The average molecular weight is 371 g/mol. The van der Waals surface area contributed by atoms with Crippen LogP contribution in [-0.4, -0.2) is 10.5 Å². The molecule has 2 aromatic carbocycles. The molecule has 1 amide bonds. The van der Waals surface area contributed by atoms with Gasteiger partial charge in [-0.3, -0.25) is 4.79 Å². The van der Waals surface area contributed by atoms with Gasteiger partial charge in [0.25, 0.3) is 0 Å². The minimum Gasteiger partial charge on any atom is -0.348 e. The normalized spacial score (nSPS) is 11.0. The van der Waals surface area contributed by atoms with E-state index < -0.39 is 0 Å². The molecule has 0 fully saturated rings. The Bertz CT molecular complexity index is 896. The predicted molar refractivity (Wildman–Crippen MR) is 98.9 cm³/mol. The molecule has 0 saturated carbocycles. The molecular formula is C19H19BrN2O. The molecule has 0 radical (unpaired) electrons. The highest BCUT2D eigenvalue weighted by atomic mass is 79.9. The van der Waals surface area contributed by atoms with Crippen LogP contribution in [0.1, 0.15) is 16.8 Å². The van der Waals surface area contributed by atoms with Crippen LogP contribution in [0.15, 0.2) is 46.9 Å². The molecule has 0 aliphatic heterocycles. The van der Waals surface area contributed by atoms with Gasteiger partial charge in [0.2, 0.25) is 5.91 Å². The molecule has 0 atom stereocenters. The SMILES string of the molecule is Cc1cc(Br)ccc1NC(=O)Cc1c(C)n(C)c2ccccc12. The van der Waals surface area contributed by atoms with E-state index in [1.807, 2.05) is 44.3 Å². The van der Waals surface area contributed by atoms with E-state index in [0.717, 1.165) is 37.9 Å². The molecule has 4 heteroatoms. The Labute approximate surface area is 144 Å². The number of hydrogen-bond acceptors (Lipinski definition) is 1. The monoisotopic (exact) mass is 370 g/mol. The molecule has 3 nitrogen and oxygen atoms in total. The lowest BCUT2D eigenvalue weighted by Gasteiger charge is -2.09. The summed E-state index contributed by atoms with van der Waals surface area (Å²) in [6.07, 6.45) is 0.378. The van der Waals surface area contributed by atoms with Gasteiger partial charge in [-0.05, 0) is 49.2 Å². The van der Waals surface area contributed by atoms with Crippen molar-refractivity contribution in [1.29, 1.82) is 0 Å². The second-order valence-electron chi connectivity index (χ2n) is 5.82. The minimum atomic E-state index is 0.00914. The maximum Gasteiger partial charge on any atom is 0.228 e. The number of rotatable bonds is 3. The summed E-state index contributed by atoms with van der Waals surface area (Å²) < 4.78 is 3.15. The van der Waals surface area contributed by atoms with E-state index in [2.05, 4.69) is 44.9 Å². The van der Waals surface area contributed by atoms with Crippen LogP contribution in [0.25, 0.3) is 10.9 Å². The molecular weight excluding hydrogens is 352 g/mol. The Kier molecular flexibility index (Phi) is 4.26. The van der Waals surface area contributed by atoms with Crippen LogP contribution >= 0.6 is 15.9 Å². The Hall–Kier alpha value is -2.07. The van der Waals surface area contributed by atoms with Gasteiger partial charge < -0.3 is 9.88 Å². The first kappa shape index (κ1) is 15.8. The number of aromatic nitrogens is 1. The first-order chi connectivity index (χ1) is 11.0. The van der Waals surface area contributed by atoms with Crippen LogP contribution < -0.4 is 5.32 Å². The largest absolute Gasteiger partial charge is 0.348 e. The van der Waals surface area contributed by atoms with Crippen molar-refractivity contribution in [2.24, 2.45) is 7.05 Å². The highest BCUT2D eigenvalue weighted by Crippen LogP contribution is 2.26. The van der Waals surface area contributed by atoms with Crippen molar-refractivity contribution in [1.82, 2.24) is 4.57 Å². The quantitative estimate of drug-likeness (QED) is 0.709. The number of amides is 1. The topological polar surface area (TPSA) is 34.0 Å². The zero-order valence-electron chi connectivity index (χ0n) is 13.5. The fourth-order valence-electron chi connectivity index (χ4n) is 2.94. The second kappa shape index (κ2) is 6.20. The lowest BCUT2D eigenvalue weighted by atomic mass is 10.1. The number of halogens is 1. The summed E-state index contributed by atoms with van der Waals surface area (Å²) in [5, 5.41) is 4.17. The number of benzene rings is 2. The number of hydrogen-bond donors (Lipinski definition) is 1. The van der Waals surface area contributed by atoms with Crippen LogP contribution in [0.3, 0.4) is 0 Å². The number of aryl methyl sites for hydroxylation is 2. The van der Waals surface area contributed by atoms with Crippen molar-refractivity contribution in [3.8, 4) is 0 Å². The fourth-order valence-corrected chi connectivity index (χ4v) is 3.42. The van der Waals surface area contributed by atoms with Crippen molar-refractivity contribution in [2.45, 2.75) is 20.3 Å². The van der Waals surface area contributed by atoms with Crippen LogP contribution in [0.4, 0.5) is 5.69 Å². The Morgan fingerprint density at radius 2 is 1.91 bits per heavy atom. The van der Waals surface area contributed by atoms with Gasteiger partial charge in [-0.2, -0.15) is 0 Å². The molecule has 0 aliphatic rings. The summed E-state index contributed by atoms with van der Waals surface area (Å²) in [6, 6.07) is 14.1. The number of anilines is 1. The van der Waals surface area contributed by atoms with Crippen molar-refractivity contribution >= 4 is 38.4 Å². The van der Waals surface area contributed by atoms with Crippen molar-refractivity contribution < 1.29 is 4.79 Å². The van der Waals surface area contributed by atoms with E-state index in [1.54, 1.807) is 0 Å². The Balaban J connectivity index is 1.87. The first-order valence-corrected chi connectivity index (χ1v) is 8.35. The molecule has 3 rings (SSSR count). The molecule has 3 aromatic rings. The van der Waals surface area contributed by atoms with Gasteiger partial charge >= 0.3 is 0 Å². The van der Waals surface area contributed by atoms with Gasteiger partial charge in [-0.25, -0.2) is 0 Å². The Morgan fingerprint density at radius 1 is 1.17 bits per heavy atom. The number of para-hydroxylation sites is 1. The number of nitrogens with one attached hydrogen (secondary N) is 1. The zero-order chi connectivity index (χ0) is 16.6. The van der Waals surface area contributed by atoms with E-state index in [4.69, 9.17) is 0 Å². The molecule has 0 aliphatic carbocycles. The molecule has 0 bridgehead atoms. The van der Waals surface area contributed by atoms with Crippen LogP contribution in [0, 0.1) is 13.8 Å². The van der Waals surface area contributed by atoms with Gasteiger partial charge in [-0.15, -0.1) is 0 Å². The third-order valence-corrected chi connectivity index (χ3v) is 4.82. The summed E-state index contributed by atoms with van der Waals surface area (Å²) in [7, 11) is 2.04. The van der Waals surface area contributed by atoms with E-state index in [0.29, 0.717) is 6.42 Å². The Morgan fingerprint density at radius 3 is 2.65 bits per heavy atom. The second-order valence-corrected chi connectivity index (χ2v) is 6.74. The fraction of sp³-hybridized carbons (Fsp3) is 0.211. The molecule has 23 heavy (non-hydrogen) atoms. The summed E-state index contributed by atoms with van der Waals surface area (Å²) >= 11 is 3.44. The van der Waals surface area contributed by atoms with Crippen molar-refractivity contribution in [2.75, 3.05) is 5.32 Å². The van der Waals surface area contributed by atoms with Gasteiger partial charge in [0.15, 0.2) is 0 Å². The van der Waals surface area contributed by atoms with Gasteiger partial charge in [0.1, 0.15) is 0 Å². The smallest absolute Gasteiger partial charge is 0.228 e. The van der Waals surface area contributed by atoms with E-state index in [1.165, 1.54) is 0 Å². The van der Waals surface area contributed by atoms with Crippen LogP contribution in [0.5, 0.6) is 0 Å². The summed E-state index contributed by atoms with van der Waals surface area (Å²) in [5.74, 6) is 0.00914. The first-order valence-electron chi connectivity index (χ1n) is 7.56. The maximum atomic E-state index is 12.5. The standard InChI is InChI=1S/C19H19BrN2O/c1-12-10-14(20)8-9-17(12)21-19(23)11-16-13(2)22(3)18-7-5-4-6-15(16)18/h4-10H,11H2,1-3H3,(H,21,23). The molecule has 1 N–H and O–H groups in total. The molecule has 1 heterocycles. The lowest BCUT2D eigenvalue weighted by molar-refractivity contribution is -0.115. The van der Waals surface area contributed by atoms with Crippen LogP contribution in [-0.2, 0) is 18.3 Å². The molecule has 118 valence electrons. The van der Waals surface area contributed by atoms with E-state index >= 15 is 0 Å². The summed E-state index contributed by atoms with van der Waals surface area (Å²) in [5.41, 5.74) is 5.29. The molecule has 1 aromatic heterocycles. The molecule has 0 unspecified atom stereocenters. The zero-order valence-corrected chi connectivity index (χ0v) is 15.1.